The van der Waals surface area contributed by atoms with E-state index in [1.54, 1.807) is 0 Å². The molecule has 2 amide bonds. The van der Waals surface area contributed by atoms with Crippen LogP contribution in [0.1, 0.15) is 85.5 Å². The number of H-pyrrole nitrogens is 2. The Balaban J connectivity index is 0.999. The highest BCUT2D eigenvalue weighted by atomic mass is 16.5. The predicted octanol–water partition coefficient (Wildman–Crippen LogP) is 5.04. The summed E-state index contributed by atoms with van der Waals surface area (Å²) in [4.78, 5) is 53.9. The first-order chi connectivity index (χ1) is 24.2. The van der Waals surface area contributed by atoms with Gasteiger partial charge in [0, 0.05) is 26.2 Å². The van der Waals surface area contributed by atoms with Crippen LogP contribution in [0.2, 0.25) is 0 Å². The second kappa shape index (κ2) is 14.3. The van der Waals surface area contributed by atoms with Crippen LogP contribution in [-0.2, 0) is 14.3 Å². The number of morpholine rings is 1. The molecule has 0 radical (unpaired) electrons. The summed E-state index contributed by atoms with van der Waals surface area (Å²) < 4.78 is 5.62. The first-order valence-electron chi connectivity index (χ1n) is 18.0. The number of amides is 2. The number of nitrogens with one attached hydrogen (secondary N) is 2. The standard InChI is InChI=1S/C38H46N8O3/c47-37(33(43-17-7-8-18-43)27-11-3-1-4-12-27)45-19-9-15-31(45)35-39-25-29(41-35)30-26-40-36(42-30)32-16-10-20-46(32)38(48)34(28-13-5-2-6-14-28)44-21-23-49-24-22-44/h1-6,11-14,25-26,31-34H,7-10,15-24H2,(H,39,41)(H,40,42)/t31-,32-,33+,34+/m0/s1. The summed E-state index contributed by atoms with van der Waals surface area (Å²) in [5, 5.41) is 0. The van der Waals surface area contributed by atoms with Gasteiger partial charge in [0.25, 0.3) is 0 Å². The number of ether oxygens (including phenoxy) is 1. The molecule has 49 heavy (non-hydrogen) atoms. The van der Waals surface area contributed by atoms with Crippen LogP contribution in [0.25, 0.3) is 11.4 Å². The summed E-state index contributed by atoms with van der Waals surface area (Å²) in [5.41, 5.74) is 3.74. The van der Waals surface area contributed by atoms with E-state index >= 15 is 0 Å². The van der Waals surface area contributed by atoms with E-state index in [1.807, 2.05) is 58.6 Å². The molecular weight excluding hydrogens is 616 g/mol. The molecule has 0 saturated carbocycles. The number of imidazole rings is 2. The molecule has 4 aromatic rings. The van der Waals surface area contributed by atoms with Crippen LogP contribution in [-0.4, -0.2) is 104 Å². The number of hydrogen-bond donors (Lipinski definition) is 2. The van der Waals surface area contributed by atoms with Crippen molar-refractivity contribution >= 4 is 11.8 Å². The van der Waals surface area contributed by atoms with E-state index in [4.69, 9.17) is 14.7 Å². The molecule has 11 nitrogen and oxygen atoms in total. The molecule has 0 aliphatic carbocycles. The molecule has 8 rings (SSSR count). The van der Waals surface area contributed by atoms with Gasteiger partial charge < -0.3 is 24.5 Å². The van der Waals surface area contributed by atoms with Gasteiger partial charge in [-0.25, -0.2) is 9.97 Å². The van der Waals surface area contributed by atoms with Gasteiger partial charge >= 0.3 is 0 Å². The van der Waals surface area contributed by atoms with E-state index in [1.165, 1.54) is 0 Å². The van der Waals surface area contributed by atoms with Crippen molar-refractivity contribution in [2.75, 3.05) is 52.5 Å². The zero-order valence-corrected chi connectivity index (χ0v) is 28.0. The second-order valence-electron chi connectivity index (χ2n) is 13.8. The Morgan fingerprint density at radius 3 is 1.53 bits per heavy atom. The molecule has 4 aliphatic rings. The Morgan fingerprint density at radius 1 is 0.612 bits per heavy atom. The molecule has 0 unspecified atom stereocenters. The van der Waals surface area contributed by atoms with Crippen LogP contribution in [0.5, 0.6) is 0 Å². The molecule has 0 bridgehead atoms. The maximum Gasteiger partial charge on any atom is 0.245 e. The first kappa shape index (κ1) is 31.9. The Kier molecular flexibility index (Phi) is 9.29. The molecule has 2 aromatic carbocycles. The summed E-state index contributed by atoms with van der Waals surface area (Å²) in [5.74, 6) is 1.87. The molecule has 4 atom stereocenters. The van der Waals surface area contributed by atoms with Crippen LogP contribution in [0, 0.1) is 0 Å². The number of benzene rings is 2. The number of likely N-dealkylation sites (tertiary alicyclic amines) is 3. The van der Waals surface area contributed by atoms with Crippen molar-refractivity contribution in [1.82, 2.24) is 39.5 Å². The van der Waals surface area contributed by atoms with Gasteiger partial charge in [0.1, 0.15) is 23.7 Å². The summed E-state index contributed by atoms with van der Waals surface area (Å²) in [6.45, 7) is 6.04. The number of carbonyl (C=O) groups excluding carboxylic acids is 2. The normalized spacial score (nSPS) is 23.3. The van der Waals surface area contributed by atoms with Crippen LogP contribution >= 0.6 is 0 Å². The van der Waals surface area contributed by atoms with Crippen molar-refractivity contribution in [3.63, 3.8) is 0 Å². The fraction of sp³-hybridized carbons (Fsp3) is 0.474. The summed E-state index contributed by atoms with van der Waals surface area (Å²) >= 11 is 0. The average molecular weight is 663 g/mol. The topological polar surface area (TPSA) is 114 Å². The fourth-order valence-electron chi connectivity index (χ4n) is 8.35. The quantitative estimate of drug-likeness (QED) is 0.258. The molecule has 2 N–H and O–H groups in total. The van der Waals surface area contributed by atoms with Gasteiger partial charge in [-0.05, 0) is 62.7 Å². The third kappa shape index (κ3) is 6.42. The number of hydrogen-bond acceptors (Lipinski definition) is 7. The van der Waals surface area contributed by atoms with Gasteiger partial charge in [-0.3, -0.25) is 19.4 Å². The summed E-state index contributed by atoms with van der Waals surface area (Å²) in [6, 6.07) is 19.5. The molecule has 2 aromatic heterocycles. The third-order valence-electron chi connectivity index (χ3n) is 10.8. The minimum Gasteiger partial charge on any atom is -0.379 e. The zero-order chi connectivity index (χ0) is 33.2. The van der Waals surface area contributed by atoms with Gasteiger partial charge in [-0.1, -0.05) is 60.7 Å². The molecule has 4 fully saturated rings. The average Bonchev–Trinajstić information content (AvgIpc) is 3.99. The van der Waals surface area contributed by atoms with Crippen molar-refractivity contribution in [3.8, 4) is 11.4 Å². The van der Waals surface area contributed by atoms with Crippen molar-refractivity contribution in [2.24, 2.45) is 0 Å². The highest BCUT2D eigenvalue weighted by Gasteiger charge is 2.41. The SMILES string of the molecule is O=C([C@@H](c1ccccc1)N1CCCC1)N1CCC[C@H]1c1ncc(-c2cnc([C@@H]3CCCN3C(=O)[C@@H](c3ccccc3)N3CCOCC3)[nH]2)[nH]1. The molecule has 256 valence electrons. The molecule has 4 aliphatic heterocycles. The molecule has 4 saturated heterocycles. The van der Waals surface area contributed by atoms with Gasteiger partial charge in [-0.2, -0.15) is 0 Å². The van der Waals surface area contributed by atoms with E-state index in [2.05, 4.69) is 44.0 Å². The maximum absolute atomic E-state index is 14.3. The van der Waals surface area contributed by atoms with Crippen LogP contribution in [0.3, 0.4) is 0 Å². The van der Waals surface area contributed by atoms with E-state index in [9.17, 15) is 9.59 Å². The van der Waals surface area contributed by atoms with Crippen molar-refractivity contribution in [1.29, 1.82) is 0 Å². The van der Waals surface area contributed by atoms with Crippen molar-refractivity contribution in [2.45, 2.75) is 62.7 Å². The largest absolute Gasteiger partial charge is 0.379 e. The van der Waals surface area contributed by atoms with E-state index in [0.29, 0.717) is 19.8 Å². The lowest BCUT2D eigenvalue weighted by atomic mass is 10.0. The van der Waals surface area contributed by atoms with Crippen LogP contribution in [0.15, 0.2) is 73.1 Å². The lowest BCUT2D eigenvalue weighted by Crippen LogP contribution is -2.47. The Bertz CT molecular complexity index is 1710. The molecular formula is C38H46N8O3. The smallest absolute Gasteiger partial charge is 0.245 e. The Labute approximate surface area is 287 Å². The zero-order valence-electron chi connectivity index (χ0n) is 28.0. The second-order valence-corrected chi connectivity index (χ2v) is 13.8. The Morgan fingerprint density at radius 2 is 1.06 bits per heavy atom. The number of aromatic nitrogens is 4. The highest BCUT2D eigenvalue weighted by Crippen LogP contribution is 2.38. The van der Waals surface area contributed by atoms with E-state index in [-0.39, 0.29) is 36.0 Å². The third-order valence-corrected chi connectivity index (χ3v) is 10.8. The lowest BCUT2D eigenvalue weighted by Gasteiger charge is -2.37. The molecule has 11 heteroatoms. The van der Waals surface area contributed by atoms with Crippen molar-refractivity contribution in [3.05, 3.63) is 95.8 Å². The molecule has 6 heterocycles. The Hall–Kier alpha value is -4.32. The first-order valence-corrected chi connectivity index (χ1v) is 18.0. The molecule has 0 spiro atoms. The minimum atomic E-state index is -0.348. The minimum absolute atomic E-state index is 0.101. The number of aromatic amines is 2. The van der Waals surface area contributed by atoms with Gasteiger partial charge in [0.2, 0.25) is 11.8 Å². The number of nitrogens with zero attached hydrogens (tertiary/aromatic N) is 6. The fourth-order valence-corrected chi connectivity index (χ4v) is 8.35. The van der Waals surface area contributed by atoms with Gasteiger partial charge in [0.15, 0.2) is 0 Å². The monoisotopic (exact) mass is 662 g/mol. The van der Waals surface area contributed by atoms with Gasteiger partial charge in [0.05, 0.1) is 49.1 Å². The number of carbonyl (C=O) groups is 2. The van der Waals surface area contributed by atoms with Crippen LogP contribution < -0.4 is 0 Å². The predicted molar refractivity (Wildman–Crippen MR) is 185 cm³/mol. The van der Waals surface area contributed by atoms with Crippen LogP contribution in [0.4, 0.5) is 0 Å². The maximum atomic E-state index is 14.3. The van der Waals surface area contributed by atoms with E-state index in [0.717, 1.165) is 105 Å². The lowest BCUT2D eigenvalue weighted by molar-refractivity contribution is -0.140. The van der Waals surface area contributed by atoms with Crippen molar-refractivity contribution < 1.29 is 14.3 Å². The summed E-state index contributed by atoms with van der Waals surface area (Å²) in [6.07, 6.45) is 9.53. The van der Waals surface area contributed by atoms with E-state index < -0.39 is 0 Å². The summed E-state index contributed by atoms with van der Waals surface area (Å²) in [7, 11) is 0. The van der Waals surface area contributed by atoms with Gasteiger partial charge in [-0.15, -0.1) is 0 Å². The number of rotatable bonds is 9. The highest BCUT2D eigenvalue weighted by molar-refractivity contribution is 5.84.